The van der Waals surface area contributed by atoms with E-state index in [9.17, 15) is 5.11 Å². The molecule has 0 aromatic heterocycles. The average Bonchev–Trinajstić information content (AvgIpc) is 2.82. The minimum atomic E-state index is -3.06. The lowest BCUT2D eigenvalue weighted by molar-refractivity contribution is 0.0976. The first-order valence-electron chi connectivity index (χ1n) is 14.5. The Bertz CT molecular complexity index is 1200. The number of aliphatic hydroxyl groups is 1. The molecule has 4 nitrogen and oxygen atoms in total. The van der Waals surface area contributed by atoms with E-state index in [1.165, 1.54) is 6.92 Å². The van der Waals surface area contributed by atoms with Gasteiger partial charge in [0.15, 0.2) is 11.5 Å². The molecule has 25 heavy (non-hydrogen) atoms. The number of hydrogen-bond acceptors (Lipinski definition) is 4. The van der Waals surface area contributed by atoms with Crippen LogP contribution in [0.25, 0.3) is 0 Å². The van der Waals surface area contributed by atoms with E-state index < -0.39 is 98.0 Å². The van der Waals surface area contributed by atoms with E-state index >= 15 is 0 Å². The lowest BCUT2D eigenvalue weighted by Crippen LogP contribution is -2.17. The Hall–Kier alpha value is -2.20. The first kappa shape index (κ1) is 7.58. The summed E-state index contributed by atoms with van der Waals surface area (Å²) in [5, 5.41) is 10.4. The standard InChI is InChI=1S/C21H28O4/c1-16-7-6-10-19(13-16)25-15-18(22)9-5-4-8-17-11-12-20(23-2)21(14-17)24-3/h6-7,10-14,18,22H,4-5,8-9,15H2,1-3H3/i3D3,6D,7D,8D2,10D,11D,12D,13D,14D,15D2. The van der Waals surface area contributed by atoms with Gasteiger partial charge in [0.05, 0.1) is 36.7 Å². The SMILES string of the molecule is [2H]c1c([2H])c(C)c([2H])c(OC([2H])([2H])C(O)CCCC([2H])([2H])c2c([2H])c([2H])c(OC)c(OC([2H])([2H])[2H])c2[2H])c1[2H]. The van der Waals surface area contributed by atoms with Crippen LogP contribution in [0, 0.1) is 6.92 Å². The molecule has 136 valence electrons. The highest BCUT2D eigenvalue weighted by Crippen LogP contribution is 2.28. The maximum Gasteiger partial charge on any atom is 0.160 e. The molecule has 0 heterocycles. The van der Waals surface area contributed by atoms with E-state index in [0.717, 1.165) is 7.11 Å². The quantitative estimate of drug-likeness (QED) is 0.693. The minimum absolute atomic E-state index is 0.0167. The van der Waals surface area contributed by atoms with Gasteiger partial charge in [0.25, 0.3) is 0 Å². The predicted molar refractivity (Wildman–Crippen MR) is 99.8 cm³/mol. The topological polar surface area (TPSA) is 47.9 Å². The van der Waals surface area contributed by atoms with E-state index in [4.69, 9.17) is 33.4 Å². The number of aliphatic hydroxyl groups excluding tert-OH is 1. The van der Waals surface area contributed by atoms with Gasteiger partial charge in [0.1, 0.15) is 12.3 Å². The summed E-state index contributed by atoms with van der Waals surface area (Å²) in [6.45, 7) is -1.54. The Balaban J connectivity index is 2.28. The van der Waals surface area contributed by atoms with Gasteiger partial charge in [-0.05, 0) is 61.4 Å². The van der Waals surface area contributed by atoms with E-state index in [1.54, 1.807) is 0 Å². The third-order valence-corrected chi connectivity index (χ3v) is 3.03. The van der Waals surface area contributed by atoms with Crippen molar-refractivity contribution in [1.82, 2.24) is 0 Å². The van der Waals surface area contributed by atoms with Crippen molar-refractivity contribution in [3.63, 3.8) is 0 Å². The van der Waals surface area contributed by atoms with E-state index in [1.807, 2.05) is 0 Å². The maximum atomic E-state index is 10.4. The summed E-state index contributed by atoms with van der Waals surface area (Å²) in [7, 11) is -1.98. The molecule has 4 heteroatoms. The molecule has 2 rings (SSSR count). The van der Waals surface area contributed by atoms with Crippen molar-refractivity contribution in [3.05, 3.63) is 53.4 Å². The Morgan fingerprint density at radius 2 is 2.04 bits per heavy atom. The lowest BCUT2D eigenvalue weighted by atomic mass is 10.0. The molecule has 1 atom stereocenters. The molecule has 1 unspecified atom stereocenters. The Morgan fingerprint density at radius 3 is 2.84 bits per heavy atom. The lowest BCUT2D eigenvalue weighted by Gasteiger charge is -2.13. The third-order valence-electron chi connectivity index (χ3n) is 3.03. The van der Waals surface area contributed by atoms with Gasteiger partial charge < -0.3 is 19.3 Å². The molecular weight excluding hydrogens is 316 g/mol. The molecule has 0 amide bonds. The highest BCUT2D eigenvalue weighted by Gasteiger charge is 2.07. The van der Waals surface area contributed by atoms with Crippen LogP contribution in [0.3, 0.4) is 0 Å². The fourth-order valence-electron chi connectivity index (χ4n) is 1.84. The van der Waals surface area contributed by atoms with Crippen LogP contribution in [-0.4, -0.2) is 31.9 Å². The second-order valence-corrected chi connectivity index (χ2v) is 4.97. The van der Waals surface area contributed by atoms with Crippen molar-refractivity contribution in [2.24, 2.45) is 0 Å². The Kier molecular flexibility index (Phi) is 3.02. The number of ether oxygens (including phenoxy) is 3. The predicted octanol–water partition coefficient (Wildman–Crippen LogP) is 4.16. The van der Waals surface area contributed by atoms with Crippen molar-refractivity contribution in [2.75, 3.05) is 20.7 Å². The maximum absolute atomic E-state index is 10.4. The summed E-state index contributed by atoms with van der Waals surface area (Å²) in [6.07, 6.45) is -5.56. The monoisotopic (exact) mass is 358 g/mol. The average molecular weight is 359 g/mol. The van der Waals surface area contributed by atoms with Gasteiger partial charge in [-0.15, -0.1) is 0 Å². The molecular formula is C21H28O4. The van der Waals surface area contributed by atoms with Gasteiger partial charge in [0.2, 0.25) is 0 Å². The molecule has 0 fully saturated rings. The van der Waals surface area contributed by atoms with Crippen LogP contribution in [0.2, 0.25) is 0 Å². The zero-order valence-corrected chi connectivity index (χ0v) is 13.9. The largest absolute Gasteiger partial charge is 0.493 e. The summed E-state index contributed by atoms with van der Waals surface area (Å²) in [5.41, 5.74) is -0.662. The van der Waals surface area contributed by atoms with E-state index in [-0.39, 0.29) is 18.0 Å². The van der Waals surface area contributed by atoms with Gasteiger partial charge in [-0.3, -0.25) is 0 Å². The number of rotatable bonds is 10. The van der Waals surface area contributed by atoms with Gasteiger partial charge in [-0.1, -0.05) is 24.5 Å². The smallest absolute Gasteiger partial charge is 0.160 e. The summed E-state index contributed by atoms with van der Waals surface area (Å²) >= 11 is 0. The normalized spacial score (nSPS) is 21.6. The number of hydrogen-bond donors (Lipinski definition) is 1. The highest BCUT2D eigenvalue weighted by molar-refractivity contribution is 5.42. The van der Waals surface area contributed by atoms with Crippen LogP contribution < -0.4 is 14.2 Å². The van der Waals surface area contributed by atoms with Crippen LogP contribution in [0.15, 0.2) is 42.3 Å². The number of methoxy groups -OCH3 is 2. The van der Waals surface area contributed by atoms with E-state index in [2.05, 4.69) is 0 Å². The van der Waals surface area contributed by atoms with Crippen molar-refractivity contribution >= 4 is 0 Å². The molecule has 0 bridgehead atoms. The molecule has 2 aromatic carbocycles. The molecule has 0 saturated carbocycles. The molecule has 0 radical (unpaired) electrons. The van der Waals surface area contributed by atoms with Crippen molar-refractivity contribution in [3.8, 4) is 17.2 Å². The van der Waals surface area contributed by atoms with Crippen LogP contribution in [0.1, 0.15) is 49.6 Å². The van der Waals surface area contributed by atoms with Crippen LogP contribution in [-0.2, 0) is 6.37 Å². The van der Waals surface area contributed by atoms with Crippen LogP contribution in [0.4, 0.5) is 0 Å². The Morgan fingerprint density at radius 1 is 1.16 bits per heavy atom. The molecule has 2 aromatic rings. The second-order valence-electron chi connectivity index (χ2n) is 4.97. The Labute approximate surface area is 170 Å². The molecule has 0 aliphatic rings. The van der Waals surface area contributed by atoms with Gasteiger partial charge in [0, 0.05) is 2.74 Å². The summed E-state index contributed by atoms with van der Waals surface area (Å²) < 4.78 is 126. The second kappa shape index (κ2) is 9.94. The summed E-state index contributed by atoms with van der Waals surface area (Å²) in [4.78, 5) is 0. The third kappa shape index (κ3) is 6.31. The highest BCUT2D eigenvalue weighted by atomic mass is 16.5. The van der Waals surface area contributed by atoms with Crippen molar-refractivity contribution in [2.45, 2.75) is 38.7 Å². The van der Waals surface area contributed by atoms with Gasteiger partial charge in [-0.2, -0.15) is 0 Å². The fourth-order valence-corrected chi connectivity index (χ4v) is 1.84. The molecule has 0 aliphatic carbocycles. The minimum Gasteiger partial charge on any atom is -0.493 e. The molecule has 0 spiro atoms. The van der Waals surface area contributed by atoms with Gasteiger partial charge >= 0.3 is 0 Å². The fraction of sp³-hybridized carbons (Fsp3) is 0.429. The van der Waals surface area contributed by atoms with Crippen LogP contribution >= 0.6 is 0 Å². The first-order valence-corrected chi connectivity index (χ1v) is 7.49. The zero-order chi connectivity index (χ0) is 30.2. The van der Waals surface area contributed by atoms with Gasteiger partial charge in [-0.25, -0.2) is 0 Å². The molecule has 0 saturated heterocycles. The number of benzene rings is 2. The van der Waals surface area contributed by atoms with Crippen LogP contribution in [0.5, 0.6) is 17.2 Å². The molecule has 0 aliphatic heterocycles. The zero-order valence-electron chi connectivity index (χ0n) is 27.9. The first-order chi connectivity index (χ1) is 17.7. The summed E-state index contributed by atoms with van der Waals surface area (Å²) in [6, 6.07) is -4.39. The van der Waals surface area contributed by atoms with Crippen molar-refractivity contribution < 1.29 is 38.5 Å². The molecule has 1 N–H and O–H groups in total. The van der Waals surface area contributed by atoms with Crippen molar-refractivity contribution in [1.29, 1.82) is 0 Å². The van der Waals surface area contributed by atoms with E-state index in [0.29, 0.717) is 0 Å². The summed E-state index contributed by atoms with van der Waals surface area (Å²) in [5.74, 6) is -1.88.